The second kappa shape index (κ2) is 7.58. The Kier molecular flexibility index (Phi) is 5.90. The molecule has 0 unspecified atom stereocenters. The second-order valence-corrected chi connectivity index (χ2v) is 9.00. The van der Waals surface area contributed by atoms with Gasteiger partial charge >= 0.3 is 5.97 Å². The maximum absolute atomic E-state index is 12.4. The number of hydrogen-bond acceptors (Lipinski definition) is 4. The van der Waals surface area contributed by atoms with Gasteiger partial charge in [-0.15, -0.1) is 0 Å². The molecular formula is C18H20BrNO4S. The first-order valence-corrected chi connectivity index (χ1v) is 9.92. The van der Waals surface area contributed by atoms with Gasteiger partial charge in [0.15, 0.2) is 0 Å². The highest BCUT2D eigenvalue weighted by molar-refractivity contribution is 9.10. The summed E-state index contributed by atoms with van der Waals surface area (Å²) >= 11 is 3.24. The van der Waals surface area contributed by atoms with Gasteiger partial charge in [-0.2, -0.15) is 0 Å². The number of rotatable bonds is 5. The van der Waals surface area contributed by atoms with Gasteiger partial charge in [-0.05, 0) is 66.5 Å². The summed E-state index contributed by atoms with van der Waals surface area (Å²) < 4.78 is 33.1. The van der Waals surface area contributed by atoms with Crippen molar-refractivity contribution in [1.29, 1.82) is 0 Å². The van der Waals surface area contributed by atoms with Crippen LogP contribution in [-0.4, -0.2) is 20.0 Å². The maximum Gasteiger partial charge on any atom is 0.310 e. The molecule has 0 fully saturated rings. The fraction of sp³-hybridized carbons (Fsp3) is 0.278. The Hall–Kier alpha value is -1.86. The Morgan fingerprint density at radius 2 is 1.68 bits per heavy atom. The molecule has 25 heavy (non-hydrogen) atoms. The highest BCUT2D eigenvalue weighted by Crippen LogP contribution is 2.24. The summed E-state index contributed by atoms with van der Waals surface area (Å²) in [7, 11) is -3.69. The quantitative estimate of drug-likeness (QED) is 0.730. The molecule has 0 heterocycles. The van der Waals surface area contributed by atoms with E-state index in [1.807, 2.05) is 20.8 Å². The minimum Gasteiger partial charge on any atom is -0.460 e. The second-order valence-electron chi connectivity index (χ2n) is 6.50. The van der Waals surface area contributed by atoms with Gasteiger partial charge in [-0.25, -0.2) is 8.42 Å². The Morgan fingerprint density at radius 1 is 1.08 bits per heavy atom. The van der Waals surface area contributed by atoms with Crippen LogP contribution in [0.1, 0.15) is 26.3 Å². The van der Waals surface area contributed by atoms with Crippen LogP contribution < -0.4 is 4.72 Å². The van der Waals surface area contributed by atoms with Gasteiger partial charge in [-0.1, -0.05) is 24.3 Å². The average Bonchev–Trinajstić information content (AvgIpc) is 2.47. The Morgan fingerprint density at radius 3 is 2.24 bits per heavy atom. The van der Waals surface area contributed by atoms with E-state index in [0.29, 0.717) is 10.2 Å². The minimum atomic E-state index is -3.69. The molecule has 0 saturated carbocycles. The molecule has 2 aromatic carbocycles. The van der Waals surface area contributed by atoms with E-state index in [2.05, 4.69) is 20.7 Å². The lowest BCUT2D eigenvalue weighted by molar-refractivity contribution is -0.153. The van der Waals surface area contributed by atoms with E-state index in [9.17, 15) is 13.2 Å². The zero-order chi connectivity index (χ0) is 18.7. The third kappa shape index (κ3) is 5.86. The van der Waals surface area contributed by atoms with E-state index in [0.717, 1.165) is 5.56 Å². The van der Waals surface area contributed by atoms with Crippen LogP contribution in [-0.2, 0) is 26.0 Å². The summed E-state index contributed by atoms with van der Waals surface area (Å²) in [4.78, 5) is 12.0. The molecule has 5 nitrogen and oxygen atoms in total. The van der Waals surface area contributed by atoms with Crippen LogP contribution >= 0.6 is 15.9 Å². The third-order valence-corrected chi connectivity index (χ3v) is 5.49. The van der Waals surface area contributed by atoms with E-state index < -0.39 is 15.6 Å². The molecule has 2 aromatic rings. The standard InChI is InChI=1S/C18H20BrNO4S/c1-18(2,3)24-17(21)12-13-8-10-14(11-9-13)20-25(22,23)16-7-5-4-6-15(16)19/h4-11,20H,12H2,1-3H3. The first kappa shape index (κ1) is 19.5. The normalized spacial score (nSPS) is 11.8. The van der Waals surface area contributed by atoms with Gasteiger partial charge in [0.2, 0.25) is 0 Å². The molecule has 0 atom stereocenters. The number of nitrogens with one attached hydrogen (secondary N) is 1. The van der Waals surface area contributed by atoms with Gasteiger partial charge in [0, 0.05) is 10.2 Å². The Balaban J connectivity index is 2.08. The van der Waals surface area contributed by atoms with Crippen molar-refractivity contribution in [2.75, 3.05) is 4.72 Å². The average molecular weight is 426 g/mol. The van der Waals surface area contributed by atoms with E-state index >= 15 is 0 Å². The highest BCUT2D eigenvalue weighted by Gasteiger charge is 2.18. The smallest absolute Gasteiger partial charge is 0.310 e. The lowest BCUT2D eigenvalue weighted by Crippen LogP contribution is -2.24. The zero-order valence-electron chi connectivity index (χ0n) is 14.2. The molecule has 0 aliphatic rings. The predicted octanol–water partition coefficient (Wildman–Crippen LogP) is 4.13. The zero-order valence-corrected chi connectivity index (χ0v) is 16.6. The number of ether oxygens (including phenoxy) is 1. The van der Waals surface area contributed by atoms with Crippen molar-refractivity contribution >= 4 is 37.6 Å². The summed E-state index contributed by atoms with van der Waals surface area (Å²) in [6.07, 6.45) is 0.133. The van der Waals surface area contributed by atoms with Crippen LogP contribution in [0.4, 0.5) is 5.69 Å². The number of hydrogen-bond donors (Lipinski definition) is 1. The Labute approximate surface area is 156 Å². The molecule has 0 amide bonds. The number of carbonyl (C=O) groups is 1. The van der Waals surface area contributed by atoms with Crippen molar-refractivity contribution in [3.05, 3.63) is 58.6 Å². The van der Waals surface area contributed by atoms with Gasteiger partial charge in [-0.3, -0.25) is 9.52 Å². The molecule has 0 aromatic heterocycles. The summed E-state index contributed by atoms with van der Waals surface area (Å²) in [5, 5.41) is 0. The van der Waals surface area contributed by atoms with Crippen LogP contribution in [0.15, 0.2) is 57.9 Å². The van der Waals surface area contributed by atoms with Crippen molar-refractivity contribution in [2.45, 2.75) is 37.7 Å². The largest absolute Gasteiger partial charge is 0.460 e. The monoisotopic (exact) mass is 425 g/mol. The number of benzene rings is 2. The van der Waals surface area contributed by atoms with E-state index in [4.69, 9.17) is 4.74 Å². The molecule has 134 valence electrons. The molecule has 0 saturated heterocycles. The molecule has 7 heteroatoms. The lowest BCUT2D eigenvalue weighted by Gasteiger charge is -2.19. The van der Waals surface area contributed by atoms with Crippen molar-refractivity contribution in [3.63, 3.8) is 0 Å². The highest BCUT2D eigenvalue weighted by atomic mass is 79.9. The predicted molar refractivity (Wildman–Crippen MR) is 101 cm³/mol. The van der Waals surface area contributed by atoms with Gasteiger partial charge in [0.1, 0.15) is 10.5 Å². The molecule has 0 bridgehead atoms. The fourth-order valence-corrected chi connectivity index (χ4v) is 4.17. The van der Waals surface area contributed by atoms with E-state index in [1.54, 1.807) is 42.5 Å². The molecule has 2 rings (SSSR count). The van der Waals surface area contributed by atoms with Crippen molar-refractivity contribution in [3.8, 4) is 0 Å². The first-order valence-electron chi connectivity index (χ1n) is 7.65. The van der Waals surface area contributed by atoms with E-state index in [1.165, 1.54) is 6.07 Å². The van der Waals surface area contributed by atoms with Crippen LogP contribution in [0.5, 0.6) is 0 Å². The van der Waals surface area contributed by atoms with Crippen molar-refractivity contribution in [1.82, 2.24) is 0 Å². The van der Waals surface area contributed by atoms with Gasteiger partial charge < -0.3 is 4.74 Å². The number of carbonyl (C=O) groups excluding carboxylic acids is 1. The summed E-state index contributed by atoms with van der Waals surface area (Å²) in [6.45, 7) is 5.43. The molecule has 0 aliphatic heterocycles. The van der Waals surface area contributed by atoms with Crippen molar-refractivity contribution < 1.29 is 17.9 Å². The fourth-order valence-electron chi connectivity index (χ4n) is 2.11. The molecule has 0 spiro atoms. The molecule has 0 aliphatic carbocycles. The van der Waals surface area contributed by atoms with Gasteiger partial charge in [0.05, 0.1) is 6.42 Å². The topological polar surface area (TPSA) is 72.5 Å². The van der Waals surface area contributed by atoms with Gasteiger partial charge in [0.25, 0.3) is 10.0 Å². The number of anilines is 1. The van der Waals surface area contributed by atoms with E-state index in [-0.39, 0.29) is 17.3 Å². The first-order chi connectivity index (χ1) is 11.6. The van der Waals surface area contributed by atoms with Crippen molar-refractivity contribution in [2.24, 2.45) is 0 Å². The lowest BCUT2D eigenvalue weighted by atomic mass is 10.1. The third-order valence-electron chi connectivity index (χ3n) is 3.10. The van der Waals surface area contributed by atoms with Crippen LogP contribution in [0, 0.1) is 0 Å². The number of sulfonamides is 1. The van der Waals surface area contributed by atoms with Crippen LogP contribution in [0.2, 0.25) is 0 Å². The maximum atomic E-state index is 12.4. The summed E-state index contributed by atoms with van der Waals surface area (Å²) in [6, 6.07) is 13.2. The SMILES string of the molecule is CC(C)(C)OC(=O)Cc1ccc(NS(=O)(=O)c2ccccc2Br)cc1. The van der Waals surface area contributed by atoms with Crippen LogP contribution in [0.3, 0.4) is 0 Å². The molecule has 1 N–H and O–H groups in total. The number of esters is 1. The number of halogens is 1. The van der Waals surface area contributed by atoms with Crippen LogP contribution in [0.25, 0.3) is 0 Å². The molecule has 0 radical (unpaired) electrons. The Bertz CT molecular complexity index is 855. The summed E-state index contributed by atoms with van der Waals surface area (Å²) in [5.74, 6) is -0.325. The minimum absolute atomic E-state index is 0.133. The molecular weight excluding hydrogens is 406 g/mol. The summed E-state index contributed by atoms with van der Waals surface area (Å²) in [5.41, 5.74) is 0.636.